The number of pyridine rings is 1. The number of benzene rings is 2. The zero-order valence-corrected chi connectivity index (χ0v) is 25.3. The molecule has 216 valence electrons. The van der Waals surface area contributed by atoms with Crippen molar-refractivity contribution in [2.75, 3.05) is 6.54 Å². The molecule has 3 aromatic rings. The van der Waals surface area contributed by atoms with Gasteiger partial charge < -0.3 is 9.12 Å². The fourth-order valence-corrected chi connectivity index (χ4v) is 5.51. The van der Waals surface area contributed by atoms with Gasteiger partial charge in [0.05, 0.1) is 15.7 Å². The van der Waals surface area contributed by atoms with Gasteiger partial charge in [0.1, 0.15) is 5.82 Å². The first kappa shape index (κ1) is 32.0. The Labute approximate surface area is 243 Å². The minimum Gasteiger partial charge on any atom is -0.760 e. The molecule has 2 aromatic carbocycles. The number of aryl methyl sites for hydroxylation is 1. The lowest BCUT2D eigenvalue weighted by atomic mass is 9.88. The number of nitrogens with zero attached hydrogens (tertiary/aromatic N) is 1. The van der Waals surface area contributed by atoms with E-state index >= 15 is 0 Å². The van der Waals surface area contributed by atoms with Crippen LogP contribution in [-0.4, -0.2) is 34.6 Å². The van der Waals surface area contributed by atoms with E-state index in [1.54, 1.807) is 19.3 Å². The summed E-state index contributed by atoms with van der Waals surface area (Å²) in [7, 11) is 0.130. The Morgan fingerprint density at radius 3 is 2.35 bits per heavy atom. The molecule has 0 bridgehead atoms. The fraction of sp³-hybridized carbons (Fsp3) is 0.357. The predicted octanol–water partition coefficient (Wildman–Crippen LogP) is 4.50. The van der Waals surface area contributed by atoms with Crippen molar-refractivity contribution < 1.29 is 22.2 Å². The molecule has 40 heavy (non-hydrogen) atoms. The number of ketones is 1. The zero-order chi connectivity index (χ0) is 29.8. The Morgan fingerprint density at radius 2 is 1.77 bits per heavy atom. The molecule has 0 radical (unpaired) electrons. The first-order valence-electron chi connectivity index (χ1n) is 12.6. The maximum absolute atomic E-state index is 13.7. The van der Waals surface area contributed by atoms with E-state index in [1.807, 2.05) is 27.7 Å². The van der Waals surface area contributed by atoms with Crippen LogP contribution in [0.15, 0.2) is 53.5 Å². The smallest absolute Gasteiger partial charge is 0.250 e. The number of nitrogens with one attached hydrogen (secondary N) is 2. The number of carbonyl (C=O) groups is 1. The van der Waals surface area contributed by atoms with E-state index in [4.69, 9.17) is 11.6 Å². The zero-order valence-electron chi connectivity index (χ0n) is 22.9. The van der Waals surface area contributed by atoms with Crippen LogP contribution in [0.25, 0.3) is 11.1 Å². The molecule has 0 fully saturated rings. The van der Waals surface area contributed by atoms with Gasteiger partial charge in [-0.05, 0) is 86.7 Å². The molecule has 0 aliphatic rings. The summed E-state index contributed by atoms with van der Waals surface area (Å²) in [5, 5.41) is 0.248. The minimum absolute atomic E-state index is 0.0738. The van der Waals surface area contributed by atoms with Gasteiger partial charge in [-0.15, -0.1) is 0 Å². The number of hydrogen-bond donors (Lipinski definition) is 2. The molecule has 12 heteroatoms. The number of rotatable bonds is 11. The maximum atomic E-state index is 13.7. The van der Waals surface area contributed by atoms with Crippen LogP contribution < -0.4 is 15.0 Å². The fourth-order valence-electron chi connectivity index (χ4n) is 4.08. The monoisotopic (exact) mass is 608 g/mol. The maximum Gasteiger partial charge on any atom is 0.250 e. The standard InChI is InChI=1S/C28H33ClFN3O5S2/c1-6-25(32-39(36)28(2,3)4)21-15-26(34)33(5)16-23(21)20-13-18(11-12-31-40(37)38)24(29)14-22(20)27(35)17-7-9-19(30)10-8-17/h7-10,13-16,25,31-32H,6,11-12H2,1-5H3,(H,37,38)/p-1/t25-,39?/m0/s1. The molecular weight excluding hydrogens is 577 g/mol. The number of hydrogen-bond acceptors (Lipinski definition) is 5. The quantitative estimate of drug-likeness (QED) is 0.245. The highest BCUT2D eigenvalue weighted by Crippen LogP contribution is 2.36. The molecule has 0 aliphatic heterocycles. The summed E-state index contributed by atoms with van der Waals surface area (Å²) in [5.74, 6) is -0.904. The number of carbonyl (C=O) groups excluding carboxylic acids is 1. The molecule has 0 spiro atoms. The van der Waals surface area contributed by atoms with Crippen LogP contribution in [0.5, 0.6) is 0 Å². The number of aromatic nitrogens is 1. The van der Waals surface area contributed by atoms with Crippen molar-refractivity contribution in [2.45, 2.75) is 51.3 Å². The Morgan fingerprint density at radius 1 is 1.12 bits per heavy atom. The van der Waals surface area contributed by atoms with Gasteiger partial charge in [-0.3, -0.25) is 13.8 Å². The normalized spacial score (nSPS) is 14.1. The van der Waals surface area contributed by atoms with Crippen LogP contribution in [0.4, 0.5) is 4.39 Å². The number of halogens is 2. The first-order valence-corrected chi connectivity index (χ1v) is 15.2. The van der Waals surface area contributed by atoms with Crippen molar-refractivity contribution >= 4 is 39.6 Å². The van der Waals surface area contributed by atoms with Crippen molar-refractivity contribution in [1.82, 2.24) is 14.0 Å². The summed E-state index contributed by atoms with van der Waals surface area (Å²) in [6.45, 7) is 7.47. The summed E-state index contributed by atoms with van der Waals surface area (Å²) in [4.78, 5) is 26.5. The third kappa shape index (κ3) is 7.80. The Hall–Kier alpha value is -2.54. The first-order chi connectivity index (χ1) is 18.7. The van der Waals surface area contributed by atoms with Crippen LogP contribution in [0.2, 0.25) is 5.02 Å². The van der Waals surface area contributed by atoms with E-state index in [-0.39, 0.29) is 34.7 Å². The highest BCUT2D eigenvalue weighted by Gasteiger charge is 2.27. The molecule has 0 amide bonds. The van der Waals surface area contributed by atoms with Gasteiger partial charge in [-0.1, -0.05) is 18.5 Å². The third-order valence-corrected chi connectivity index (χ3v) is 8.69. The average molecular weight is 609 g/mol. The lowest BCUT2D eigenvalue weighted by Crippen LogP contribution is -2.36. The second kappa shape index (κ2) is 13.4. The molecule has 2 unspecified atom stereocenters. The van der Waals surface area contributed by atoms with E-state index in [1.165, 1.54) is 41.0 Å². The second-order valence-electron chi connectivity index (χ2n) is 10.3. The van der Waals surface area contributed by atoms with Gasteiger partial charge in [0.25, 0.3) is 5.56 Å². The summed E-state index contributed by atoms with van der Waals surface area (Å²) in [6.07, 6.45) is 2.33. The van der Waals surface area contributed by atoms with Crippen LogP contribution in [0.3, 0.4) is 0 Å². The SMILES string of the molecule is CC[C@H](NS(=O)C(C)(C)C)c1cc(=O)n(C)cc1-c1cc(CCNS(=O)[O-])c(Cl)cc1C(=O)c1ccc(F)cc1. The van der Waals surface area contributed by atoms with Gasteiger partial charge >= 0.3 is 0 Å². The molecule has 0 saturated heterocycles. The van der Waals surface area contributed by atoms with E-state index in [0.717, 1.165) is 0 Å². The molecule has 3 rings (SSSR count). The predicted molar refractivity (Wildman–Crippen MR) is 157 cm³/mol. The van der Waals surface area contributed by atoms with Crippen LogP contribution in [-0.2, 0) is 35.7 Å². The van der Waals surface area contributed by atoms with E-state index in [9.17, 15) is 27.0 Å². The van der Waals surface area contributed by atoms with Crippen LogP contribution in [0.1, 0.15) is 67.2 Å². The van der Waals surface area contributed by atoms with Crippen molar-refractivity contribution in [3.8, 4) is 11.1 Å². The minimum atomic E-state index is -2.46. The second-order valence-corrected chi connectivity index (χ2v) is 13.4. The summed E-state index contributed by atoms with van der Waals surface area (Å²) >= 11 is 4.11. The molecule has 0 aliphatic carbocycles. The highest BCUT2D eigenvalue weighted by molar-refractivity contribution is 7.84. The lowest BCUT2D eigenvalue weighted by Gasteiger charge is -2.26. The van der Waals surface area contributed by atoms with Gasteiger partial charge in [0.15, 0.2) is 5.78 Å². The van der Waals surface area contributed by atoms with Crippen molar-refractivity contribution in [3.05, 3.63) is 92.1 Å². The molecule has 1 heterocycles. The van der Waals surface area contributed by atoms with Gasteiger partial charge in [-0.25, -0.2) is 18.0 Å². The van der Waals surface area contributed by atoms with Crippen molar-refractivity contribution in [1.29, 1.82) is 0 Å². The molecule has 8 nitrogen and oxygen atoms in total. The molecule has 0 saturated carbocycles. The van der Waals surface area contributed by atoms with Gasteiger partial charge in [-0.2, -0.15) is 0 Å². The Balaban J connectivity index is 2.28. The van der Waals surface area contributed by atoms with Crippen molar-refractivity contribution in [2.24, 2.45) is 7.05 Å². The Bertz CT molecular complexity index is 1500. The van der Waals surface area contributed by atoms with E-state index in [0.29, 0.717) is 28.7 Å². The van der Waals surface area contributed by atoms with E-state index in [2.05, 4.69) is 9.44 Å². The van der Waals surface area contributed by atoms with Crippen molar-refractivity contribution in [3.63, 3.8) is 0 Å². The molecule has 3 atom stereocenters. The average Bonchev–Trinajstić information content (AvgIpc) is 2.88. The largest absolute Gasteiger partial charge is 0.760 e. The summed E-state index contributed by atoms with van der Waals surface area (Å²) in [6, 6.07) is 9.29. The highest BCUT2D eigenvalue weighted by atomic mass is 35.5. The van der Waals surface area contributed by atoms with Crippen LogP contribution >= 0.6 is 11.6 Å². The van der Waals surface area contributed by atoms with E-state index < -0.39 is 44.6 Å². The topological polar surface area (TPSA) is 120 Å². The lowest BCUT2D eigenvalue weighted by molar-refractivity contribution is 0.103. The molecular formula is C28H32ClFN3O5S2-. The third-order valence-electron chi connectivity index (χ3n) is 6.29. The van der Waals surface area contributed by atoms with Gasteiger partial charge in [0.2, 0.25) is 0 Å². The molecule has 1 aromatic heterocycles. The summed E-state index contributed by atoms with van der Waals surface area (Å²) in [5.41, 5.74) is 2.27. The van der Waals surface area contributed by atoms with Crippen LogP contribution in [0, 0.1) is 5.82 Å². The Kier molecular flexibility index (Phi) is 10.7. The van der Waals surface area contributed by atoms with Gasteiger partial charge in [0, 0.05) is 64.9 Å². The molecule has 2 N–H and O–H groups in total. The summed E-state index contributed by atoms with van der Waals surface area (Å²) < 4.78 is 54.8.